The first-order chi connectivity index (χ1) is 15.0. The predicted molar refractivity (Wildman–Crippen MR) is 120 cm³/mol. The minimum absolute atomic E-state index is 0.108. The van der Waals surface area contributed by atoms with Gasteiger partial charge in [0, 0.05) is 16.5 Å². The molecule has 0 radical (unpaired) electrons. The van der Waals surface area contributed by atoms with Crippen LogP contribution in [0.25, 0.3) is 22.3 Å². The number of carbonyl (C=O) groups excluding carboxylic acids is 1. The van der Waals surface area contributed by atoms with Crippen molar-refractivity contribution in [2.24, 2.45) is 0 Å². The number of rotatable bonds is 3. The van der Waals surface area contributed by atoms with Gasteiger partial charge in [-0.15, -0.1) is 0 Å². The van der Waals surface area contributed by atoms with Gasteiger partial charge in [-0.2, -0.15) is 0 Å². The molecule has 31 heavy (non-hydrogen) atoms. The summed E-state index contributed by atoms with van der Waals surface area (Å²) >= 11 is 0. The van der Waals surface area contributed by atoms with Gasteiger partial charge in [-0.05, 0) is 30.5 Å². The minimum Gasteiger partial charge on any atom is -0.458 e. The Bertz CT molecular complexity index is 1240. The predicted octanol–water partition coefficient (Wildman–Crippen LogP) is 4.06. The third-order valence-corrected chi connectivity index (χ3v) is 6.21. The highest BCUT2D eigenvalue weighted by atomic mass is 16.6. The first kappa shape index (κ1) is 21.2. The van der Waals surface area contributed by atoms with Crippen LogP contribution < -0.4 is 5.56 Å². The van der Waals surface area contributed by atoms with Gasteiger partial charge in [0.25, 0.3) is 5.56 Å². The lowest BCUT2D eigenvalue weighted by Crippen LogP contribution is -2.44. The highest BCUT2D eigenvalue weighted by Crippen LogP contribution is 2.40. The van der Waals surface area contributed by atoms with E-state index < -0.39 is 11.6 Å². The van der Waals surface area contributed by atoms with Crippen molar-refractivity contribution in [1.29, 1.82) is 0 Å². The highest BCUT2D eigenvalue weighted by Gasteiger charge is 2.45. The van der Waals surface area contributed by atoms with Crippen molar-refractivity contribution in [2.75, 3.05) is 0 Å². The monoisotopic (exact) mass is 420 g/mol. The van der Waals surface area contributed by atoms with Crippen LogP contribution in [0.4, 0.5) is 0 Å². The van der Waals surface area contributed by atoms with E-state index in [1.54, 1.807) is 17.6 Å². The molecule has 6 heteroatoms. The van der Waals surface area contributed by atoms with Crippen LogP contribution in [0.5, 0.6) is 0 Å². The molecule has 0 bridgehead atoms. The summed E-state index contributed by atoms with van der Waals surface area (Å²) in [6.45, 7) is 8.19. The number of pyridine rings is 2. The van der Waals surface area contributed by atoms with Crippen molar-refractivity contribution in [2.45, 2.75) is 65.7 Å². The Morgan fingerprint density at radius 3 is 2.61 bits per heavy atom. The van der Waals surface area contributed by atoms with E-state index in [-0.39, 0.29) is 18.6 Å². The van der Waals surface area contributed by atoms with E-state index >= 15 is 0 Å². The quantitative estimate of drug-likeness (QED) is 0.506. The molecule has 4 heterocycles. The van der Waals surface area contributed by atoms with Gasteiger partial charge in [-0.3, -0.25) is 4.79 Å². The minimum atomic E-state index is -1.80. The fourth-order valence-electron chi connectivity index (χ4n) is 4.65. The number of aliphatic hydroxyl groups is 1. The summed E-state index contributed by atoms with van der Waals surface area (Å²) in [4.78, 5) is 30.4. The highest BCUT2D eigenvalue weighted by molar-refractivity contribution is 5.89. The number of esters is 1. The molecule has 0 unspecified atom stereocenters. The van der Waals surface area contributed by atoms with Gasteiger partial charge >= 0.3 is 5.97 Å². The summed E-state index contributed by atoms with van der Waals surface area (Å²) in [6, 6.07) is 9.79. The molecule has 1 atom stereocenters. The van der Waals surface area contributed by atoms with Crippen molar-refractivity contribution in [3.05, 3.63) is 62.9 Å². The van der Waals surface area contributed by atoms with E-state index in [2.05, 4.69) is 13.0 Å². The van der Waals surface area contributed by atoms with Crippen molar-refractivity contribution in [1.82, 2.24) is 9.55 Å². The molecule has 0 saturated carbocycles. The number of carbonyl (C=O) groups is 1. The average Bonchev–Trinajstić information content (AvgIpc) is 3.17. The Hall–Kier alpha value is -2.99. The number of aromatic nitrogens is 2. The van der Waals surface area contributed by atoms with E-state index in [1.807, 2.05) is 32.0 Å². The lowest BCUT2D eigenvalue weighted by atomic mass is 9.86. The first-order valence-electron chi connectivity index (χ1n) is 11.1. The smallest absolute Gasteiger partial charge is 0.343 e. The second-order valence-corrected chi connectivity index (χ2v) is 7.79. The van der Waals surface area contributed by atoms with Crippen LogP contribution in [0.3, 0.4) is 0 Å². The Kier molecular flexibility index (Phi) is 5.43. The number of ether oxygens (including phenoxy) is 1. The number of cyclic esters (lactones) is 1. The first-order valence-corrected chi connectivity index (χ1v) is 11.1. The van der Waals surface area contributed by atoms with Gasteiger partial charge in [-0.25, -0.2) is 9.78 Å². The van der Waals surface area contributed by atoms with E-state index in [1.165, 1.54) is 5.56 Å². The number of hydrogen-bond acceptors (Lipinski definition) is 5. The van der Waals surface area contributed by atoms with Gasteiger partial charge < -0.3 is 14.4 Å². The molecule has 0 fully saturated rings. The molecule has 1 N–H and O–H groups in total. The molecule has 2 aromatic heterocycles. The third-order valence-electron chi connectivity index (χ3n) is 6.21. The summed E-state index contributed by atoms with van der Waals surface area (Å²) in [6.07, 6.45) is 2.02. The Morgan fingerprint density at radius 2 is 1.90 bits per heavy atom. The topological polar surface area (TPSA) is 81.4 Å². The summed E-state index contributed by atoms with van der Waals surface area (Å²) in [7, 11) is 0. The molecule has 2 aliphatic rings. The largest absolute Gasteiger partial charge is 0.458 e. The molecule has 0 amide bonds. The molecule has 1 aromatic carbocycles. The molecule has 3 aromatic rings. The summed E-state index contributed by atoms with van der Waals surface area (Å²) in [5.74, 6) is -0.701. The summed E-state index contributed by atoms with van der Waals surface area (Å²) in [5, 5.41) is 12.1. The Morgan fingerprint density at radius 1 is 1.16 bits per heavy atom. The van der Waals surface area contributed by atoms with Gasteiger partial charge in [0.2, 0.25) is 0 Å². The lowest BCUT2D eigenvalue weighted by Gasteiger charge is -2.31. The fourth-order valence-corrected chi connectivity index (χ4v) is 4.65. The maximum absolute atomic E-state index is 13.3. The van der Waals surface area contributed by atoms with Crippen molar-refractivity contribution < 1.29 is 14.6 Å². The SMILES string of the molecule is CC.CCCc1c2c(nc3ccccc13)-c1cc3c(c(=O)n1C2)COC(=O)[C@]3(O)CC. The van der Waals surface area contributed by atoms with Crippen LogP contribution in [0.1, 0.15) is 62.8 Å². The van der Waals surface area contributed by atoms with Crippen molar-refractivity contribution in [3.8, 4) is 11.4 Å². The normalized spacial score (nSPS) is 18.5. The Labute approximate surface area is 181 Å². The van der Waals surface area contributed by atoms with Gasteiger partial charge in [0.05, 0.1) is 29.0 Å². The van der Waals surface area contributed by atoms with Crippen LogP contribution in [0.2, 0.25) is 0 Å². The lowest BCUT2D eigenvalue weighted by molar-refractivity contribution is -0.172. The van der Waals surface area contributed by atoms with Crippen LogP contribution in [-0.2, 0) is 34.7 Å². The number of nitrogens with zero attached hydrogens (tertiary/aromatic N) is 2. The number of para-hydroxylation sites is 1. The number of aryl methyl sites for hydroxylation is 1. The van der Waals surface area contributed by atoms with Crippen LogP contribution >= 0.6 is 0 Å². The Balaban J connectivity index is 0.00000112. The standard InChI is InChI=1S/C23H22N2O4.C2H6/c1-3-7-13-14-8-5-6-9-18(14)24-20-15(13)11-25-19(20)10-17-16(21(25)26)12-29-22(27)23(17,28)4-2;1-2/h5-6,8-10,28H,3-4,7,11-12H2,1-2H3;1-2H3/t23-;/m0./s1. The molecule has 6 nitrogen and oxygen atoms in total. The van der Waals surface area contributed by atoms with E-state index in [4.69, 9.17) is 9.72 Å². The maximum Gasteiger partial charge on any atom is 0.343 e. The van der Waals surface area contributed by atoms with Gasteiger partial charge in [0.1, 0.15) is 6.61 Å². The molecule has 0 spiro atoms. The van der Waals surface area contributed by atoms with E-state index in [0.717, 1.165) is 35.0 Å². The maximum atomic E-state index is 13.3. The zero-order chi connectivity index (χ0) is 22.3. The molecule has 0 aliphatic carbocycles. The molecular weight excluding hydrogens is 392 g/mol. The fraction of sp³-hybridized carbons (Fsp3) is 0.400. The summed E-state index contributed by atoms with van der Waals surface area (Å²) in [5.41, 5.74) is 3.27. The third kappa shape index (κ3) is 3.00. The molecule has 5 rings (SSSR count). The molecule has 2 aliphatic heterocycles. The number of fused-ring (bicyclic) bond motifs is 5. The van der Waals surface area contributed by atoms with Crippen molar-refractivity contribution in [3.63, 3.8) is 0 Å². The number of benzene rings is 1. The molecule has 0 saturated heterocycles. The second-order valence-electron chi connectivity index (χ2n) is 7.79. The second kappa shape index (κ2) is 7.93. The number of hydrogen-bond donors (Lipinski definition) is 1. The van der Waals surface area contributed by atoms with Gasteiger partial charge in [-0.1, -0.05) is 52.3 Å². The zero-order valence-electron chi connectivity index (χ0n) is 18.5. The van der Waals surface area contributed by atoms with Crippen molar-refractivity contribution >= 4 is 16.9 Å². The van der Waals surface area contributed by atoms with E-state index in [9.17, 15) is 14.7 Å². The average molecular weight is 421 g/mol. The van der Waals surface area contributed by atoms with Crippen LogP contribution in [0.15, 0.2) is 35.1 Å². The summed E-state index contributed by atoms with van der Waals surface area (Å²) < 4.78 is 6.83. The van der Waals surface area contributed by atoms with Gasteiger partial charge in [0.15, 0.2) is 5.60 Å². The van der Waals surface area contributed by atoms with E-state index in [0.29, 0.717) is 23.4 Å². The molecular formula is C25H28N2O4. The zero-order valence-corrected chi connectivity index (χ0v) is 18.5. The molecule has 162 valence electrons. The van der Waals surface area contributed by atoms with Crippen LogP contribution in [0, 0.1) is 0 Å². The van der Waals surface area contributed by atoms with Crippen LogP contribution in [-0.4, -0.2) is 20.6 Å².